The van der Waals surface area contributed by atoms with E-state index in [1.54, 1.807) is 18.3 Å². The minimum atomic E-state index is -0.238. The van der Waals surface area contributed by atoms with E-state index in [-0.39, 0.29) is 5.91 Å². The van der Waals surface area contributed by atoms with Crippen molar-refractivity contribution in [2.24, 2.45) is 0 Å². The summed E-state index contributed by atoms with van der Waals surface area (Å²) >= 11 is 6.02. The fourth-order valence-electron chi connectivity index (χ4n) is 2.00. The highest BCUT2D eigenvalue weighted by atomic mass is 35.5. The van der Waals surface area contributed by atoms with E-state index in [4.69, 9.17) is 11.6 Å². The molecule has 1 aliphatic rings. The zero-order chi connectivity index (χ0) is 14.1. The van der Waals surface area contributed by atoms with E-state index < -0.39 is 0 Å². The van der Waals surface area contributed by atoms with Gasteiger partial charge in [-0.1, -0.05) is 23.7 Å². The number of aryl methyl sites for hydroxylation is 1. The molecule has 0 unspecified atom stereocenters. The topological polar surface area (TPSA) is 54.9 Å². The maximum absolute atomic E-state index is 12.2. The molecule has 0 bridgehead atoms. The summed E-state index contributed by atoms with van der Waals surface area (Å²) in [5.74, 6) is 1.09. The van der Waals surface area contributed by atoms with Crippen molar-refractivity contribution in [1.29, 1.82) is 0 Å². The third-order valence-corrected chi connectivity index (χ3v) is 3.64. The molecule has 1 saturated carbocycles. The number of amides is 1. The van der Waals surface area contributed by atoms with Gasteiger partial charge in [0.1, 0.15) is 5.82 Å². The number of benzene rings is 1. The summed E-state index contributed by atoms with van der Waals surface area (Å²) in [6.07, 6.45) is 3.89. The van der Waals surface area contributed by atoms with Gasteiger partial charge in [-0.2, -0.15) is 0 Å². The number of carbonyl (C=O) groups excluding carboxylic acids is 1. The van der Waals surface area contributed by atoms with Crippen LogP contribution in [-0.2, 0) is 0 Å². The number of halogens is 1. The van der Waals surface area contributed by atoms with E-state index in [9.17, 15) is 4.79 Å². The van der Waals surface area contributed by atoms with Crippen LogP contribution in [-0.4, -0.2) is 15.9 Å². The number of hydrogen-bond donors (Lipinski definition) is 1. The van der Waals surface area contributed by atoms with Gasteiger partial charge < -0.3 is 5.32 Å². The molecule has 0 radical (unpaired) electrons. The number of aromatic nitrogens is 2. The van der Waals surface area contributed by atoms with Crippen LogP contribution < -0.4 is 5.32 Å². The molecule has 3 rings (SSSR count). The molecule has 2 aromatic rings. The van der Waals surface area contributed by atoms with Crippen LogP contribution in [0.5, 0.6) is 0 Å². The predicted molar refractivity (Wildman–Crippen MR) is 78.1 cm³/mol. The van der Waals surface area contributed by atoms with Crippen molar-refractivity contribution in [1.82, 2.24) is 9.97 Å². The van der Waals surface area contributed by atoms with Crippen LogP contribution in [0.3, 0.4) is 0 Å². The Labute approximate surface area is 122 Å². The fourth-order valence-corrected chi connectivity index (χ4v) is 2.18. The minimum Gasteiger partial charge on any atom is -0.321 e. The molecule has 0 atom stereocenters. The second-order valence-electron chi connectivity index (χ2n) is 4.94. The Kier molecular flexibility index (Phi) is 3.40. The molecule has 1 heterocycles. The lowest BCUT2D eigenvalue weighted by atomic mass is 10.2. The van der Waals surface area contributed by atoms with Gasteiger partial charge in [0.15, 0.2) is 0 Å². The third kappa shape index (κ3) is 2.65. The maximum atomic E-state index is 12.2. The molecule has 1 N–H and O–H groups in total. The van der Waals surface area contributed by atoms with Crippen LogP contribution in [0.1, 0.15) is 40.6 Å². The van der Waals surface area contributed by atoms with Gasteiger partial charge >= 0.3 is 0 Å². The molecule has 0 saturated heterocycles. The van der Waals surface area contributed by atoms with Crippen molar-refractivity contribution in [2.75, 3.05) is 5.32 Å². The highest BCUT2D eigenvalue weighted by Gasteiger charge is 2.27. The first-order valence-electron chi connectivity index (χ1n) is 6.54. The first-order valence-corrected chi connectivity index (χ1v) is 6.92. The van der Waals surface area contributed by atoms with Crippen molar-refractivity contribution in [3.05, 3.63) is 52.6 Å². The van der Waals surface area contributed by atoms with Gasteiger partial charge in [-0.05, 0) is 31.9 Å². The van der Waals surface area contributed by atoms with Gasteiger partial charge in [0.2, 0.25) is 0 Å². The number of anilines is 1. The van der Waals surface area contributed by atoms with Crippen molar-refractivity contribution in [3.63, 3.8) is 0 Å². The lowest BCUT2D eigenvalue weighted by Crippen LogP contribution is -2.15. The molecule has 5 heteroatoms. The van der Waals surface area contributed by atoms with Gasteiger partial charge in [-0.25, -0.2) is 9.97 Å². The molecular weight excluding hydrogens is 274 g/mol. The van der Waals surface area contributed by atoms with Crippen LogP contribution in [0.15, 0.2) is 30.5 Å². The molecule has 4 nitrogen and oxygen atoms in total. The van der Waals surface area contributed by atoms with Crippen molar-refractivity contribution < 1.29 is 4.79 Å². The largest absolute Gasteiger partial charge is 0.321 e. The predicted octanol–water partition coefficient (Wildman–Crippen LogP) is 3.57. The third-order valence-electron chi connectivity index (χ3n) is 3.31. The Morgan fingerprint density at radius 1 is 1.35 bits per heavy atom. The summed E-state index contributed by atoms with van der Waals surface area (Å²) in [4.78, 5) is 20.9. The standard InChI is InChI=1S/C15H14ClN3O/c1-9-11(8-17-14(18-9)10-6-7-10)15(20)19-13-5-3-2-4-12(13)16/h2-5,8,10H,6-7H2,1H3,(H,19,20). The normalized spacial score (nSPS) is 14.1. The zero-order valence-corrected chi connectivity index (χ0v) is 11.8. The zero-order valence-electron chi connectivity index (χ0n) is 11.1. The molecule has 0 aliphatic heterocycles. The van der Waals surface area contributed by atoms with E-state index in [0.717, 1.165) is 18.7 Å². The Hall–Kier alpha value is -1.94. The van der Waals surface area contributed by atoms with E-state index in [0.29, 0.717) is 27.9 Å². The highest BCUT2D eigenvalue weighted by Crippen LogP contribution is 2.37. The molecule has 1 fully saturated rings. The lowest BCUT2D eigenvalue weighted by Gasteiger charge is -2.09. The molecule has 1 aromatic carbocycles. The summed E-state index contributed by atoms with van der Waals surface area (Å²) in [7, 11) is 0. The Morgan fingerprint density at radius 3 is 2.75 bits per heavy atom. The van der Waals surface area contributed by atoms with Gasteiger partial charge in [0.25, 0.3) is 5.91 Å². The number of nitrogens with zero attached hydrogens (tertiary/aromatic N) is 2. The van der Waals surface area contributed by atoms with Crippen LogP contribution in [0.25, 0.3) is 0 Å². The van der Waals surface area contributed by atoms with Crippen LogP contribution in [0, 0.1) is 6.92 Å². The summed E-state index contributed by atoms with van der Waals surface area (Å²) in [5.41, 5.74) is 1.77. The number of carbonyl (C=O) groups is 1. The number of hydrogen-bond acceptors (Lipinski definition) is 3. The monoisotopic (exact) mass is 287 g/mol. The Morgan fingerprint density at radius 2 is 2.10 bits per heavy atom. The second kappa shape index (κ2) is 5.21. The van der Waals surface area contributed by atoms with Gasteiger partial charge in [-0.3, -0.25) is 4.79 Å². The average molecular weight is 288 g/mol. The van der Waals surface area contributed by atoms with Crippen molar-refractivity contribution in [2.45, 2.75) is 25.7 Å². The van der Waals surface area contributed by atoms with Crippen molar-refractivity contribution >= 4 is 23.2 Å². The first kappa shape index (κ1) is 13.1. The quantitative estimate of drug-likeness (QED) is 0.939. The molecule has 20 heavy (non-hydrogen) atoms. The van der Waals surface area contributed by atoms with Crippen LogP contribution in [0.4, 0.5) is 5.69 Å². The van der Waals surface area contributed by atoms with E-state index >= 15 is 0 Å². The Bertz CT molecular complexity index is 668. The summed E-state index contributed by atoms with van der Waals surface area (Å²) < 4.78 is 0. The molecule has 1 aromatic heterocycles. The molecular formula is C15H14ClN3O. The smallest absolute Gasteiger partial charge is 0.259 e. The van der Waals surface area contributed by atoms with Gasteiger partial charge in [-0.15, -0.1) is 0 Å². The van der Waals surface area contributed by atoms with Crippen LogP contribution in [0.2, 0.25) is 5.02 Å². The number of para-hydroxylation sites is 1. The lowest BCUT2D eigenvalue weighted by molar-refractivity contribution is 0.102. The maximum Gasteiger partial charge on any atom is 0.259 e. The molecule has 0 spiro atoms. The van der Waals surface area contributed by atoms with Gasteiger partial charge in [0.05, 0.1) is 22.0 Å². The Balaban J connectivity index is 1.82. The molecule has 102 valence electrons. The first-order chi connectivity index (χ1) is 9.65. The SMILES string of the molecule is Cc1nc(C2CC2)ncc1C(=O)Nc1ccccc1Cl. The molecule has 1 aliphatic carbocycles. The fraction of sp³-hybridized carbons (Fsp3) is 0.267. The average Bonchev–Trinajstić information content (AvgIpc) is 3.25. The van der Waals surface area contributed by atoms with E-state index in [1.165, 1.54) is 0 Å². The highest BCUT2D eigenvalue weighted by molar-refractivity contribution is 6.33. The summed E-state index contributed by atoms with van der Waals surface area (Å²) in [6.45, 7) is 1.83. The number of rotatable bonds is 3. The van der Waals surface area contributed by atoms with Crippen LogP contribution >= 0.6 is 11.6 Å². The molecule has 1 amide bonds. The summed E-state index contributed by atoms with van der Waals surface area (Å²) in [6, 6.07) is 7.13. The van der Waals surface area contributed by atoms with Crippen molar-refractivity contribution in [3.8, 4) is 0 Å². The second-order valence-corrected chi connectivity index (χ2v) is 5.34. The van der Waals surface area contributed by atoms with Gasteiger partial charge in [0, 0.05) is 12.1 Å². The van der Waals surface area contributed by atoms with E-state index in [1.807, 2.05) is 19.1 Å². The van der Waals surface area contributed by atoms with E-state index in [2.05, 4.69) is 15.3 Å². The summed E-state index contributed by atoms with van der Waals surface area (Å²) in [5, 5.41) is 3.29. The minimum absolute atomic E-state index is 0.238. The number of nitrogens with one attached hydrogen (secondary N) is 1.